The van der Waals surface area contributed by atoms with Gasteiger partial charge in [0.15, 0.2) is 0 Å². The minimum absolute atomic E-state index is 0.386. The predicted octanol–water partition coefficient (Wildman–Crippen LogP) is 3.28. The standard InChI is InChI=1S/C12H28NO3PS/c1-2-9-12(13,17(14,15)16)10-7-5-3-4-6-8-11-18/h18H,2-11,13H2,1H3,(H2,14,15,16). The molecule has 1 atom stereocenters. The van der Waals surface area contributed by atoms with Crippen molar-refractivity contribution in [1.29, 1.82) is 0 Å². The zero-order valence-electron chi connectivity index (χ0n) is 11.3. The fraction of sp³-hybridized carbons (Fsp3) is 1.00. The molecule has 0 radical (unpaired) electrons. The fourth-order valence-electron chi connectivity index (χ4n) is 2.10. The molecule has 0 aliphatic heterocycles. The van der Waals surface area contributed by atoms with Gasteiger partial charge in [-0.1, -0.05) is 45.4 Å². The lowest BCUT2D eigenvalue weighted by Gasteiger charge is -2.29. The van der Waals surface area contributed by atoms with Gasteiger partial charge >= 0.3 is 7.60 Å². The fourth-order valence-corrected chi connectivity index (χ4v) is 3.29. The van der Waals surface area contributed by atoms with Gasteiger partial charge < -0.3 is 15.5 Å². The van der Waals surface area contributed by atoms with Crippen LogP contribution in [0.3, 0.4) is 0 Å². The molecule has 1 unspecified atom stereocenters. The van der Waals surface area contributed by atoms with Crippen molar-refractivity contribution < 1.29 is 14.4 Å². The van der Waals surface area contributed by atoms with Gasteiger partial charge in [0.25, 0.3) is 0 Å². The third kappa shape index (κ3) is 7.15. The Morgan fingerprint density at radius 3 is 2.00 bits per heavy atom. The van der Waals surface area contributed by atoms with Crippen LogP contribution < -0.4 is 5.73 Å². The molecule has 0 aromatic heterocycles. The van der Waals surface area contributed by atoms with Crippen molar-refractivity contribution in [3.8, 4) is 0 Å². The van der Waals surface area contributed by atoms with Crippen molar-refractivity contribution in [2.75, 3.05) is 5.75 Å². The van der Waals surface area contributed by atoms with E-state index >= 15 is 0 Å². The molecule has 0 aromatic carbocycles. The van der Waals surface area contributed by atoms with Gasteiger partial charge in [0.2, 0.25) is 0 Å². The zero-order chi connectivity index (χ0) is 14.1. The molecular formula is C12H28NO3PS. The van der Waals surface area contributed by atoms with Crippen molar-refractivity contribution in [3.63, 3.8) is 0 Å². The molecule has 110 valence electrons. The molecule has 4 nitrogen and oxygen atoms in total. The number of thiol groups is 1. The molecule has 18 heavy (non-hydrogen) atoms. The Kier molecular flexibility index (Phi) is 9.62. The van der Waals surface area contributed by atoms with E-state index in [1.165, 1.54) is 12.8 Å². The summed E-state index contributed by atoms with van der Waals surface area (Å²) in [5, 5.41) is -1.31. The summed E-state index contributed by atoms with van der Waals surface area (Å²) in [6, 6.07) is 0. The first-order chi connectivity index (χ1) is 8.37. The molecular weight excluding hydrogens is 269 g/mol. The number of unbranched alkanes of at least 4 members (excludes halogenated alkanes) is 5. The van der Waals surface area contributed by atoms with Gasteiger partial charge in [-0.3, -0.25) is 4.57 Å². The third-order valence-electron chi connectivity index (χ3n) is 3.28. The minimum atomic E-state index is -4.20. The first-order valence-electron chi connectivity index (χ1n) is 6.83. The van der Waals surface area contributed by atoms with Gasteiger partial charge in [-0.05, 0) is 25.0 Å². The summed E-state index contributed by atoms with van der Waals surface area (Å²) >= 11 is 4.15. The quantitative estimate of drug-likeness (QED) is 0.268. The molecule has 0 aliphatic rings. The lowest BCUT2D eigenvalue weighted by molar-refractivity contribution is 0.302. The number of hydrogen-bond acceptors (Lipinski definition) is 3. The second-order valence-corrected chi connectivity index (χ2v) is 7.42. The topological polar surface area (TPSA) is 83.6 Å². The van der Waals surface area contributed by atoms with Crippen LogP contribution in [0.25, 0.3) is 0 Å². The van der Waals surface area contributed by atoms with Crippen molar-refractivity contribution in [1.82, 2.24) is 0 Å². The second kappa shape index (κ2) is 9.38. The highest BCUT2D eigenvalue weighted by Gasteiger charge is 2.41. The molecule has 0 amide bonds. The Hall–Kier alpha value is 0.460. The molecule has 0 heterocycles. The number of rotatable bonds is 11. The normalized spacial score (nSPS) is 15.6. The maximum atomic E-state index is 11.4. The van der Waals surface area contributed by atoms with Gasteiger partial charge in [-0.15, -0.1) is 0 Å². The summed E-state index contributed by atoms with van der Waals surface area (Å²) in [6.07, 6.45) is 7.89. The molecule has 0 aliphatic carbocycles. The van der Waals surface area contributed by atoms with Crippen LogP contribution in [0.15, 0.2) is 0 Å². The zero-order valence-corrected chi connectivity index (χ0v) is 13.1. The van der Waals surface area contributed by atoms with Gasteiger partial charge in [0, 0.05) is 0 Å². The average molecular weight is 297 g/mol. The van der Waals surface area contributed by atoms with Gasteiger partial charge in [0.05, 0.1) is 0 Å². The summed E-state index contributed by atoms with van der Waals surface area (Å²) < 4.78 is 11.4. The van der Waals surface area contributed by atoms with Gasteiger partial charge in [0.1, 0.15) is 5.28 Å². The predicted molar refractivity (Wildman–Crippen MR) is 80.0 cm³/mol. The maximum absolute atomic E-state index is 11.4. The highest BCUT2D eigenvalue weighted by Crippen LogP contribution is 2.52. The highest BCUT2D eigenvalue weighted by molar-refractivity contribution is 7.80. The summed E-state index contributed by atoms with van der Waals surface area (Å²) in [4.78, 5) is 18.6. The van der Waals surface area contributed by atoms with E-state index in [-0.39, 0.29) is 0 Å². The Morgan fingerprint density at radius 1 is 1.06 bits per heavy atom. The lowest BCUT2D eigenvalue weighted by Crippen LogP contribution is -2.39. The van der Waals surface area contributed by atoms with Crippen LogP contribution in [0.2, 0.25) is 0 Å². The monoisotopic (exact) mass is 297 g/mol. The van der Waals surface area contributed by atoms with E-state index in [0.29, 0.717) is 19.3 Å². The largest absolute Gasteiger partial charge is 0.345 e. The van der Waals surface area contributed by atoms with Crippen LogP contribution in [0.1, 0.15) is 64.7 Å². The van der Waals surface area contributed by atoms with Crippen LogP contribution >= 0.6 is 20.2 Å². The Balaban J connectivity index is 3.89. The van der Waals surface area contributed by atoms with Gasteiger partial charge in [-0.2, -0.15) is 12.6 Å². The van der Waals surface area contributed by atoms with E-state index in [4.69, 9.17) is 5.73 Å². The Bertz CT molecular complexity index is 260. The van der Waals surface area contributed by atoms with Crippen LogP contribution in [-0.2, 0) is 4.57 Å². The molecule has 6 heteroatoms. The first-order valence-corrected chi connectivity index (χ1v) is 9.07. The molecule has 0 spiro atoms. The molecule has 4 N–H and O–H groups in total. The van der Waals surface area contributed by atoms with Crippen LogP contribution in [-0.4, -0.2) is 20.8 Å². The molecule has 0 bridgehead atoms. The highest BCUT2D eigenvalue weighted by atomic mass is 32.1. The number of nitrogens with two attached hydrogens (primary N) is 1. The smallest absolute Gasteiger partial charge is 0.323 e. The maximum Gasteiger partial charge on any atom is 0.345 e. The van der Waals surface area contributed by atoms with E-state index in [9.17, 15) is 14.4 Å². The van der Waals surface area contributed by atoms with E-state index < -0.39 is 12.9 Å². The molecule has 0 rings (SSSR count). The van der Waals surface area contributed by atoms with Crippen molar-refractivity contribution in [3.05, 3.63) is 0 Å². The second-order valence-electron chi connectivity index (χ2n) is 4.99. The van der Waals surface area contributed by atoms with E-state index in [1.54, 1.807) is 0 Å². The van der Waals surface area contributed by atoms with E-state index in [0.717, 1.165) is 31.4 Å². The molecule has 0 aromatic rings. The van der Waals surface area contributed by atoms with E-state index in [2.05, 4.69) is 12.6 Å². The lowest BCUT2D eigenvalue weighted by atomic mass is 10.0. The van der Waals surface area contributed by atoms with Crippen LogP contribution in [0.5, 0.6) is 0 Å². The SMILES string of the molecule is CCCC(N)(CCCCCCCCS)P(=O)(O)O. The van der Waals surface area contributed by atoms with Gasteiger partial charge in [-0.25, -0.2) is 0 Å². The summed E-state index contributed by atoms with van der Waals surface area (Å²) in [5.74, 6) is 0.931. The van der Waals surface area contributed by atoms with Crippen LogP contribution in [0.4, 0.5) is 0 Å². The van der Waals surface area contributed by atoms with Crippen molar-refractivity contribution in [2.45, 2.75) is 70.0 Å². The molecule has 0 saturated carbocycles. The molecule has 0 fully saturated rings. The third-order valence-corrected chi connectivity index (χ3v) is 5.20. The summed E-state index contributed by atoms with van der Waals surface area (Å²) in [6.45, 7) is 1.90. The molecule has 0 saturated heterocycles. The Morgan fingerprint density at radius 2 is 1.56 bits per heavy atom. The first kappa shape index (κ1) is 18.5. The van der Waals surface area contributed by atoms with Crippen LogP contribution in [0, 0.1) is 0 Å². The van der Waals surface area contributed by atoms with Crippen molar-refractivity contribution >= 4 is 20.2 Å². The van der Waals surface area contributed by atoms with E-state index in [1.807, 2.05) is 6.92 Å². The Labute approximate surface area is 116 Å². The minimum Gasteiger partial charge on any atom is -0.323 e. The summed E-state index contributed by atoms with van der Waals surface area (Å²) in [7, 11) is -4.20. The number of hydrogen-bond donors (Lipinski definition) is 4. The average Bonchev–Trinajstić information content (AvgIpc) is 2.27. The van der Waals surface area contributed by atoms with Crippen molar-refractivity contribution in [2.24, 2.45) is 5.73 Å². The summed E-state index contributed by atoms with van der Waals surface area (Å²) in [5.41, 5.74) is 5.87.